The van der Waals surface area contributed by atoms with Crippen LogP contribution < -0.4 is 0 Å². The highest BCUT2D eigenvalue weighted by Crippen LogP contribution is 2.19. The zero-order valence-electron chi connectivity index (χ0n) is 9.53. The van der Waals surface area contributed by atoms with E-state index in [4.69, 9.17) is 4.52 Å². The zero-order chi connectivity index (χ0) is 10.6. The fourth-order valence-corrected chi connectivity index (χ4v) is 1.92. The van der Waals surface area contributed by atoms with Gasteiger partial charge in [-0.1, -0.05) is 0 Å². The molecule has 0 bridgehead atoms. The minimum atomic E-state index is -0.193. The summed E-state index contributed by atoms with van der Waals surface area (Å²) in [5, 5.41) is 0. The van der Waals surface area contributed by atoms with Crippen LogP contribution in [-0.4, -0.2) is 69.4 Å². The molecule has 0 rings (SSSR count). The Morgan fingerprint density at radius 1 is 0.923 bits per heavy atom. The summed E-state index contributed by atoms with van der Waals surface area (Å²) in [6, 6.07) is 0. The summed E-state index contributed by atoms with van der Waals surface area (Å²) in [6.07, 6.45) is 0. The lowest BCUT2D eigenvalue weighted by Crippen LogP contribution is -2.66. The van der Waals surface area contributed by atoms with E-state index in [2.05, 4.69) is 24.2 Å². The van der Waals surface area contributed by atoms with Gasteiger partial charge < -0.3 is 4.52 Å². The van der Waals surface area contributed by atoms with Gasteiger partial charge in [-0.05, 0) is 42.3 Å². The quantitative estimate of drug-likeness (QED) is 0.471. The summed E-state index contributed by atoms with van der Waals surface area (Å²) in [5.74, 6) is -0.193. The van der Waals surface area contributed by atoms with Crippen LogP contribution in [0.3, 0.4) is 0 Å². The number of rotatable bonds is 5. The first kappa shape index (κ1) is 13.3. The van der Waals surface area contributed by atoms with Gasteiger partial charge in [-0.2, -0.15) is 0 Å². The smallest absolute Gasteiger partial charge is 0.154 e. The number of hydrogen-bond donors (Lipinski definition) is 0. The lowest BCUT2D eigenvalue weighted by Gasteiger charge is -2.48. The van der Waals surface area contributed by atoms with Crippen LogP contribution in [0.4, 0.5) is 0 Å². The number of likely N-dealkylation sites (N-methyl/N-ethyl adjacent to an activating group) is 3. The van der Waals surface area contributed by atoms with E-state index in [0.29, 0.717) is 6.61 Å². The molecular weight excluding hydrogens is 185 g/mol. The molecule has 80 valence electrons. The van der Waals surface area contributed by atoms with Crippen molar-refractivity contribution < 1.29 is 4.52 Å². The molecule has 0 aromatic heterocycles. The first-order valence-corrected chi connectivity index (χ1v) is 4.70. The Kier molecular flexibility index (Phi) is 5.33. The van der Waals surface area contributed by atoms with Gasteiger partial charge in [-0.3, -0.25) is 14.7 Å². The SMILES string of the molecule is CN(C)C(COP)(N(C)C)N(C)C. The first-order chi connectivity index (χ1) is 5.89. The topological polar surface area (TPSA) is 19.0 Å². The van der Waals surface area contributed by atoms with Crippen molar-refractivity contribution in [3.05, 3.63) is 0 Å². The van der Waals surface area contributed by atoms with Crippen molar-refractivity contribution >= 4 is 9.47 Å². The van der Waals surface area contributed by atoms with Crippen LogP contribution in [0.25, 0.3) is 0 Å². The Balaban J connectivity index is 4.82. The van der Waals surface area contributed by atoms with Gasteiger partial charge in [0.25, 0.3) is 0 Å². The molecule has 5 heteroatoms. The Hall–Kier alpha value is 0.270. The molecule has 1 atom stereocenters. The van der Waals surface area contributed by atoms with Crippen LogP contribution in [0.5, 0.6) is 0 Å². The second kappa shape index (κ2) is 5.23. The van der Waals surface area contributed by atoms with Crippen molar-refractivity contribution in [2.75, 3.05) is 48.9 Å². The Morgan fingerprint density at radius 3 is 1.31 bits per heavy atom. The van der Waals surface area contributed by atoms with E-state index < -0.39 is 0 Å². The van der Waals surface area contributed by atoms with Crippen molar-refractivity contribution in [1.29, 1.82) is 0 Å². The molecule has 0 heterocycles. The zero-order valence-corrected chi connectivity index (χ0v) is 10.7. The first-order valence-electron chi connectivity index (χ1n) is 4.23. The molecule has 0 radical (unpaired) electrons. The lowest BCUT2D eigenvalue weighted by atomic mass is 10.2. The van der Waals surface area contributed by atoms with Gasteiger partial charge >= 0.3 is 0 Å². The molecule has 0 N–H and O–H groups in total. The molecule has 0 saturated heterocycles. The highest BCUT2D eigenvalue weighted by molar-refractivity contribution is 7.09. The molecule has 0 aromatic rings. The molecule has 0 aliphatic carbocycles. The maximum atomic E-state index is 5.18. The van der Waals surface area contributed by atoms with Crippen LogP contribution >= 0.6 is 9.47 Å². The molecule has 0 fully saturated rings. The number of hydrogen-bond acceptors (Lipinski definition) is 4. The third-order valence-corrected chi connectivity index (χ3v) is 2.59. The summed E-state index contributed by atoms with van der Waals surface area (Å²) in [6.45, 7) is 0.616. The van der Waals surface area contributed by atoms with Crippen LogP contribution in [0.1, 0.15) is 0 Å². The fraction of sp³-hybridized carbons (Fsp3) is 1.00. The molecule has 0 amide bonds. The summed E-state index contributed by atoms with van der Waals surface area (Å²) in [4.78, 5) is 6.41. The van der Waals surface area contributed by atoms with Gasteiger partial charge in [0, 0.05) is 9.47 Å². The van der Waals surface area contributed by atoms with Gasteiger partial charge in [-0.25, -0.2) is 0 Å². The minimum Gasteiger partial charge on any atom is -0.361 e. The van der Waals surface area contributed by atoms with Gasteiger partial charge in [0.2, 0.25) is 0 Å². The van der Waals surface area contributed by atoms with E-state index in [1.54, 1.807) is 0 Å². The Morgan fingerprint density at radius 2 is 1.23 bits per heavy atom. The van der Waals surface area contributed by atoms with E-state index >= 15 is 0 Å². The van der Waals surface area contributed by atoms with E-state index in [9.17, 15) is 0 Å². The summed E-state index contributed by atoms with van der Waals surface area (Å²) >= 11 is 0. The van der Waals surface area contributed by atoms with E-state index in [-0.39, 0.29) is 5.79 Å². The van der Waals surface area contributed by atoms with Crippen LogP contribution in [-0.2, 0) is 4.52 Å². The molecule has 13 heavy (non-hydrogen) atoms. The molecule has 0 aliphatic heterocycles. The second-order valence-corrected chi connectivity index (χ2v) is 4.10. The molecule has 1 unspecified atom stereocenters. The highest BCUT2D eigenvalue weighted by atomic mass is 31.0. The van der Waals surface area contributed by atoms with Gasteiger partial charge in [0.15, 0.2) is 5.79 Å². The van der Waals surface area contributed by atoms with Crippen molar-refractivity contribution in [3.63, 3.8) is 0 Å². The summed E-state index contributed by atoms with van der Waals surface area (Å²) in [7, 11) is 14.6. The van der Waals surface area contributed by atoms with Crippen LogP contribution in [0, 0.1) is 0 Å². The molecule has 0 aromatic carbocycles. The summed E-state index contributed by atoms with van der Waals surface area (Å²) < 4.78 is 5.18. The van der Waals surface area contributed by atoms with Crippen molar-refractivity contribution in [3.8, 4) is 0 Å². The maximum absolute atomic E-state index is 5.18. The average molecular weight is 207 g/mol. The van der Waals surface area contributed by atoms with Gasteiger partial charge in [-0.15, -0.1) is 0 Å². The normalized spacial score (nSPS) is 13.4. The van der Waals surface area contributed by atoms with Crippen molar-refractivity contribution in [2.45, 2.75) is 5.79 Å². The van der Waals surface area contributed by atoms with E-state index in [1.165, 1.54) is 0 Å². The summed E-state index contributed by atoms with van der Waals surface area (Å²) in [5.41, 5.74) is 0. The third kappa shape index (κ3) is 2.61. The Labute approximate surface area is 84.1 Å². The van der Waals surface area contributed by atoms with E-state index in [1.807, 2.05) is 42.3 Å². The third-order valence-electron chi connectivity index (χ3n) is 2.43. The molecule has 0 spiro atoms. The van der Waals surface area contributed by atoms with E-state index in [0.717, 1.165) is 0 Å². The monoisotopic (exact) mass is 207 g/mol. The van der Waals surface area contributed by atoms with Crippen LogP contribution in [0.15, 0.2) is 0 Å². The van der Waals surface area contributed by atoms with Crippen molar-refractivity contribution in [2.24, 2.45) is 0 Å². The maximum Gasteiger partial charge on any atom is 0.154 e. The van der Waals surface area contributed by atoms with Gasteiger partial charge in [0.05, 0.1) is 6.61 Å². The molecular formula is C8H22N3OP. The van der Waals surface area contributed by atoms with Gasteiger partial charge in [0.1, 0.15) is 0 Å². The fourth-order valence-electron chi connectivity index (χ4n) is 1.70. The minimum absolute atomic E-state index is 0.193. The standard InChI is InChI=1S/C8H22N3OP/c1-9(2)8(7-12-13,10(3)4)11(5)6/h7,13H2,1-6H3. The molecule has 0 aliphatic rings. The number of nitrogens with zero attached hydrogens (tertiary/aromatic N) is 3. The lowest BCUT2D eigenvalue weighted by molar-refractivity contribution is -0.130. The Bertz CT molecular complexity index is 129. The van der Waals surface area contributed by atoms with Crippen LogP contribution in [0.2, 0.25) is 0 Å². The average Bonchev–Trinajstić information content (AvgIpc) is 1.97. The van der Waals surface area contributed by atoms with Crippen molar-refractivity contribution in [1.82, 2.24) is 14.7 Å². The second-order valence-electron chi connectivity index (χ2n) is 3.77. The largest absolute Gasteiger partial charge is 0.361 e. The molecule has 4 nitrogen and oxygen atoms in total. The predicted octanol–water partition coefficient (Wildman–Crippen LogP) is 0.132. The molecule has 0 saturated carbocycles. The predicted molar refractivity (Wildman–Crippen MR) is 59.5 cm³/mol. The highest BCUT2D eigenvalue weighted by Gasteiger charge is 2.37.